The van der Waals surface area contributed by atoms with Gasteiger partial charge in [0.2, 0.25) is 0 Å². The Morgan fingerprint density at radius 1 is 0.500 bits per heavy atom. The SMILES string of the molecule is Cl.Cl.N.N.N.N.N.N.[Cl][Ir]. The molecule has 0 aromatic carbocycles. The van der Waals surface area contributed by atoms with Gasteiger partial charge >= 0.3 is 27.5 Å². The van der Waals surface area contributed by atoms with E-state index in [1.807, 2.05) is 0 Å². The van der Waals surface area contributed by atoms with Crippen LogP contribution in [0.15, 0.2) is 0 Å². The number of halogens is 3. The first-order valence-corrected chi connectivity index (χ1v) is 3.09. The molecule has 0 rings (SSSR count). The van der Waals surface area contributed by atoms with Crippen LogP contribution in [0.1, 0.15) is 0 Å². The van der Waals surface area contributed by atoms with Gasteiger partial charge < -0.3 is 36.9 Å². The summed E-state index contributed by atoms with van der Waals surface area (Å²) in [5.74, 6) is 0. The predicted molar refractivity (Wildman–Crippen MR) is 50.5 cm³/mol. The zero-order chi connectivity index (χ0) is 2.00. The van der Waals surface area contributed by atoms with E-state index in [-0.39, 0.29) is 61.7 Å². The second-order valence-electron chi connectivity index (χ2n) is 0. The van der Waals surface area contributed by atoms with Crippen molar-refractivity contribution in [3.63, 3.8) is 0 Å². The summed E-state index contributed by atoms with van der Waals surface area (Å²) < 4.78 is 0. The van der Waals surface area contributed by atoms with Crippen molar-refractivity contribution in [2.24, 2.45) is 0 Å². The molecule has 0 aliphatic carbocycles. The van der Waals surface area contributed by atoms with Crippen molar-refractivity contribution in [1.29, 1.82) is 0 Å². The molecular weight excluding hydrogens is 383 g/mol. The molecule has 0 radical (unpaired) electrons. The molecule has 0 unspecified atom stereocenters. The summed E-state index contributed by atoms with van der Waals surface area (Å²) in [6.07, 6.45) is 0. The first kappa shape index (κ1) is 229. The minimum absolute atomic E-state index is 0. The molecule has 6 nitrogen and oxygen atoms in total. The van der Waals surface area contributed by atoms with E-state index in [1.165, 1.54) is 17.9 Å². The second kappa shape index (κ2) is 541. The van der Waals surface area contributed by atoms with E-state index in [9.17, 15) is 0 Å². The quantitative estimate of drug-likeness (QED) is 0.358. The first-order chi connectivity index (χ1) is 1.00. The van der Waals surface area contributed by atoms with Gasteiger partial charge in [-0.15, -0.1) is 24.8 Å². The molecule has 0 aromatic rings. The molecule has 0 fully saturated rings. The third-order valence-corrected chi connectivity index (χ3v) is 0. The standard InChI is InChI=1S/3ClH.Ir.6H3N/h3*1H;;6*1H3/q;;;+1;;;;;;/p-1. The van der Waals surface area contributed by atoms with E-state index in [1.54, 1.807) is 0 Å². The van der Waals surface area contributed by atoms with E-state index in [0.29, 0.717) is 0 Å². The van der Waals surface area contributed by atoms with Crippen LogP contribution in [0, 0.1) is 0 Å². The van der Waals surface area contributed by atoms with Crippen LogP contribution in [0.4, 0.5) is 0 Å². The number of rotatable bonds is 0. The summed E-state index contributed by atoms with van der Waals surface area (Å²) in [7, 11) is 4.64. The molecule has 0 spiro atoms. The molecule has 0 aliphatic rings. The average molecular weight is 403 g/mol. The summed E-state index contributed by atoms with van der Waals surface area (Å²) in [6, 6.07) is 0. The average Bonchev–Trinajstić information content (AvgIpc) is 1.00. The Morgan fingerprint density at radius 3 is 0.500 bits per heavy atom. The topological polar surface area (TPSA) is 210 Å². The molecule has 10 heavy (non-hydrogen) atoms. The Balaban J connectivity index is -0.000000000179. The summed E-state index contributed by atoms with van der Waals surface area (Å²) in [4.78, 5) is 0. The van der Waals surface area contributed by atoms with Gasteiger partial charge in [-0.05, 0) is 0 Å². The van der Waals surface area contributed by atoms with Crippen LogP contribution in [-0.2, 0) is 17.9 Å². The van der Waals surface area contributed by atoms with Crippen molar-refractivity contribution in [3.05, 3.63) is 0 Å². The van der Waals surface area contributed by atoms with Gasteiger partial charge in [-0.2, -0.15) is 0 Å². The molecule has 0 heterocycles. The van der Waals surface area contributed by atoms with Crippen molar-refractivity contribution in [2.45, 2.75) is 0 Å². The Kier molecular flexibility index (Phi) is 12400. The normalized spacial score (nSPS) is 0.700. The Morgan fingerprint density at radius 2 is 0.500 bits per heavy atom. The van der Waals surface area contributed by atoms with E-state index < -0.39 is 0 Å². The van der Waals surface area contributed by atoms with Gasteiger partial charge in [0.05, 0.1) is 0 Å². The van der Waals surface area contributed by atoms with Gasteiger partial charge in [-0.3, -0.25) is 0 Å². The van der Waals surface area contributed by atoms with E-state index in [2.05, 4.69) is 9.58 Å². The zero-order valence-corrected chi connectivity index (χ0v) is 10.6. The minimum atomic E-state index is 0. The third-order valence-electron chi connectivity index (χ3n) is 0. The fourth-order valence-corrected chi connectivity index (χ4v) is 0. The maximum absolute atomic E-state index is 4.64. The van der Waals surface area contributed by atoms with Crippen molar-refractivity contribution in [2.75, 3.05) is 0 Å². The van der Waals surface area contributed by atoms with Crippen LogP contribution < -0.4 is 36.9 Å². The fourth-order valence-electron chi connectivity index (χ4n) is 0. The predicted octanol–water partition coefficient (Wildman–Crippen LogP) is 2.50. The van der Waals surface area contributed by atoms with E-state index in [0.717, 1.165) is 0 Å². The van der Waals surface area contributed by atoms with Gasteiger partial charge in [0.25, 0.3) is 0 Å². The molecule has 80 valence electrons. The molecule has 0 aromatic heterocycles. The van der Waals surface area contributed by atoms with Crippen LogP contribution in [0.3, 0.4) is 0 Å². The van der Waals surface area contributed by atoms with Gasteiger partial charge in [-0.25, -0.2) is 0 Å². The van der Waals surface area contributed by atoms with Gasteiger partial charge in [-0.1, -0.05) is 0 Å². The molecule has 0 saturated heterocycles. The zero-order valence-electron chi connectivity index (χ0n) is 5.77. The van der Waals surface area contributed by atoms with Crippen LogP contribution >= 0.6 is 34.4 Å². The fraction of sp³-hybridized carbons (Fsp3) is 0. The first-order valence-electron chi connectivity index (χ1n) is 0.126. The Labute approximate surface area is 89.1 Å². The Hall–Kier alpha value is 1.28. The van der Waals surface area contributed by atoms with Crippen molar-refractivity contribution < 1.29 is 17.9 Å². The monoisotopic (exact) mass is 402 g/mol. The van der Waals surface area contributed by atoms with Gasteiger partial charge in [0, 0.05) is 0 Å². The Bertz CT molecular complexity index is 13.0. The summed E-state index contributed by atoms with van der Waals surface area (Å²) in [5.41, 5.74) is 0. The number of hydrogen-bond acceptors (Lipinski definition) is 6. The second-order valence-corrected chi connectivity index (χ2v) is 0. The van der Waals surface area contributed by atoms with Crippen molar-refractivity contribution >= 4 is 34.4 Å². The van der Waals surface area contributed by atoms with E-state index in [4.69, 9.17) is 0 Å². The van der Waals surface area contributed by atoms with Crippen molar-refractivity contribution in [3.8, 4) is 0 Å². The van der Waals surface area contributed by atoms with Crippen molar-refractivity contribution in [1.82, 2.24) is 36.9 Å². The van der Waals surface area contributed by atoms with Crippen LogP contribution in [0.25, 0.3) is 0 Å². The molecule has 0 atom stereocenters. The van der Waals surface area contributed by atoms with E-state index >= 15 is 0 Å². The molecule has 0 aliphatic heterocycles. The molecule has 10 heteroatoms. The maximum atomic E-state index is 4.64. The molecule has 0 amide bonds. The summed E-state index contributed by atoms with van der Waals surface area (Å²) in [6.45, 7) is 0. The van der Waals surface area contributed by atoms with Crippen LogP contribution in [-0.4, -0.2) is 0 Å². The molecule has 0 saturated carbocycles. The summed E-state index contributed by atoms with van der Waals surface area (Å²) in [5, 5.41) is 0. The molecule has 18 N–H and O–H groups in total. The van der Waals surface area contributed by atoms with Crippen LogP contribution in [0.5, 0.6) is 0 Å². The molecular formula is H20Cl3IrN6. The van der Waals surface area contributed by atoms with Gasteiger partial charge in [0.1, 0.15) is 0 Å². The number of hydrogen-bond donors (Lipinski definition) is 6. The summed E-state index contributed by atoms with van der Waals surface area (Å²) >= 11 is 1.47. The molecule has 0 bridgehead atoms. The van der Waals surface area contributed by atoms with Gasteiger partial charge in [0.15, 0.2) is 0 Å². The third kappa shape index (κ3) is 389. The van der Waals surface area contributed by atoms with Crippen LogP contribution in [0.2, 0.25) is 0 Å².